The van der Waals surface area contributed by atoms with Crippen molar-refractivity contribution >= 4 is 0 Å². The van der Waals surface area contributed by atoms with E-state index in [0.29, 0.717) is 12.4 Å². The maximum atomic E-state index is 11.7. The van der Waals surface area contributed by atoms with Crippen LogP contribution < -0.4 is 10.9 Å². The highest BCUT2D eigenvalue weighted by atomic mass is 16.5. The van der Waals surface area contributed by atoms with E-state index in [1.165, 1.54) is 6.07 Å². The minimum atomic E-state index is -0.192. The van der Waals surface area contributed by atoms with Gasteiger partial charge in [-0.15, -0.1) is 0 Å². The number of methoxy groups -OCH3 is 1. The topological polar surface area (TPSA) is 67.0 Å². The number of hydrogen-bond acceptors (Lipinski definition) is 4. The Hall–Kier alpha value is -1.20. The van der Waals surface area contributed by atoms with Crippen molar-refractivity contribution in [2.24, 2.45) is 5.92 Å². The van der Waals surface area contributed by atoms with Crippen molar-refractivity contribution < 1.29 is 4.74 Å². The molecule has 0 saturated heterocycles. The van der Waals surface area contributed by atoms with Crippen LogP contribution >= 0.6 is 0 Å². The Bertz CT molecular complexity index is 460. The predicted octanol–water partition coefficient (Wildman–Crippen LogP) is 2.00. The standard InChI is InChI=1S/C14H25N3O2/c1-9(2)12(19-6)13-16-10(7-11(18)17-13)8-15-14(3,4)5/h7,9,12,15H,8H2,1-6H3,(H,16,17,18). The van der Waals surface area contributed by atoms with Crippen LogP contribution in [-0.4, -0.2) is 22.6 Å². The molecule has 0 amide bonds. The molecule has 19 heavy (non-hydrogen) atoms. The normalized spacial score (nSPS) is 13.8. The van der Waals surface area contributed by atoms with Gasteiger partial charge >= 0.3 is 0 Å². The van der Waals surface area contributed by atoms with Gasteiger partial charge in [-0.25, -0.2) is 4.98 Å². The minimum Gasteiger partial charge on any atom is -0.373 e. The van der Waals surface area contributed by atoms with Crippen LogP contribution in [0.2, 0.25) is 0 Å². The Morgan fingerprint density at radius 3 is 2.53 bits per heavy atom. The van der Waals surface area contributed by atoms with E-state index in [2.05, 4.69) is 36.1 Å². The van der Waals surface area contributed by atoms with Crippen LogP contribution in [0.4, 0.5) is 0 Å². The molecular formula is C14H25N3O2. The molecule has 1 rings (SSSR count). The molecule has 1 aromatic rings. The molecule has 5 heteroatoms. The third-order valence-corrected chi connectivity index (χ3v) is 2.74. The first-order valence-electron chi connectivity index (χ1n) is 6.61. The highest BCUT2D eigenvalue weighted by Gasteiger charge is 2.18. The molecule has 5 nitrogen and oxygen atoms in total. The number of nitrogens with zero attached hydrogens (tertiary/aromatic N) is 1. The van der Waals surface area contributed by atoms with Crippen molar-refractivity contribution in [1.82, 2.24) is 15.3 Å². The van der Waals surface area contributed by atoms with Crippen molar-refractivity contribution in [3.05, 3.63) is 27.9 Å². The van der Waals surface area contributed by atoms with Gasteiger partial charge in [-0.2, -0.15) is 0 Å². The largest absolute Gasteiger partial charge is 0.373 e. The molecule has 0 fully saturated rings. The molecule has 0 aliphatic heterocycles. The molecule has 0 aromatic carbocycles. The lowest BCUT2D eigenvalue weighted by Gasteiger charge is -2.21. The van der Waals surface area contributed by atoms with Gasteiger partial charge in [0.05, 0.1) is 5.69 Å². The maximum Gasteiger partial charge on any atom is 0.251 e. The molecule has 0 aliphatic carbocycles. The Kier molecular flexibility index (Phi) is 5.26. The molecule has 1 atom stereocenters. The molecule has 2 N–H and O–H groups in total. The second-order valence-corrected chi connectivity index (χ2v) is 6.13. The van der Waals surface area contributed by atoms with Crippen molar-refractivity contribution in [1.29, 1.82) is 0 Å². The van der Waals surface area contributed by atoms with Gasteiger partial charge in [0.2, 0.25) is 0 Å². The van der Waals surface area contributed by atoms with Gasteiger partial charge in [0, 0.05) is 25.3 Å². The third-order valence-electron chi connectivity index (χ3n) is 2.74. The summed E-state index contributed by atoms with van der Waals surface area (Å²) in [6.45, 7) is 10.9. The molecule has 1 heterocycles. The van der Waals surface area contributed by atoms with E-state index < -0.39 is 0 Å². The lowest BCUT2D eigenvalue weighted by Crippen LogP contribution is -2.36. The summed E-state index contributed by atoms with van der Waals surface area (Å²) < 4.78 is 5.40. The quantitative estimate of drug-likeness (QED) is 0.856. The van der Waals surface area contributed by atoms with Gasteiger partial charge < -0.3 is 15.0 Å². The molecule has 0 saturated carbocycles. The smallest absolute Gasteiger partial charge is 0.251 e. The van der Waals surface area contributed by atoms with Crippen molar-refractivity contribution in [2.75, 3.05) is 7.11 Å². The summed E-state index contributed by atoms with van der Waals surface area (Å²) in [4.78, 5) is 18.9. The fourth-order valence-corrected chi connectivity index (χ4v) is 1.81. The number of rotatable bonds is 5. The zero-order chi connectivity index (χ0) is 14.6. The van der Waals surface area contributed by atoms with Crippen molar-refractivity contribution in [2.45, 2.75) is 52.8 Å². The lowest BCUT2D eigenvalue weighted by atomic mass is 10.1. The Morgan fingerprint density at radius 2 is 2.05 bits per heavy atom. The fraction of sp³-hybridized carbons (Fsp3) is 0.714. The van der Waals surface area contributed by atoms with Crippen LogP contribution in [0.15, 0.2) is 10.9 Å². The molecule has 1 aromatic heterocycles. The van der Waals surface area contributed by atoms with Crippen molar-refractivity contribution in [3.63, 3.8) is 0 Å². The van der Waals surface area contributed by atoms with E-state index in [9.17, 15) is 4.79 Å². The first-order chi connectivity index (χ1) is 8.73. The Labute approximate surface area is 114 Å². The Balaban J connectivity index is 2.97. The number of nitrogens with one attached hydrogen (secondary N) is 2. The van der Waals surface area contributed by atoms with Gasteiger partial charge in [0.1, 0.15) is 11.9 Å². The summed E-state index contributed by atoms with van der Waals surface area (Å²) in [5.41, 5.74) is 0.582. The van der Waals surface area contributed by atoms with Crippen LogP contribution in [0.1, 0.15) is 52.2 Å². The summed E-state index contributed by atoms with van der Waals surface area (Å²) in [5, 5.41) is 3.32. The summed E-state index contributed by atoms with van der Waals surface area (Å²) in [5.74, 6) is 0.842. The maximum absolute atomic E-state index is 11.7. The molecule has 0 radical (unpaired) electrons. The van der Waals surface area contributed by atoms with E-state index in [0.717, 1.165) is 5.69 Å². The zero-order valence-electron chi connectivity index (χ0n) is 12.7. The van der Waals surface area contributed by atoms with E-state index in [4.69, 9.17) is 4.74 Å². The van der Waals surface area contributed by atoms with Crippen LogP contribution in [0.5, 0.6) is 0 Å². The molecule has 0 spiro atoms. The number of aromatic nitrogens is 2. The fourth-order valence-electron chi connectivity index (χ4n) is 1.81. The highest BCUT2D eigenvalue weighted by molar-refractivity contribution is 5.05. The zero-order valence-corrected chi connectivity index (χ0v) is 12.7. The summed E-state index contributed by atoms with van der Waals surface area (Å²) in [6.07, 6.45) is -0.192. The molecule has 0 bridgehead atoms. The number of hydrogen-bond donors (Lipinski definition) is 2. The summed E-state index contributed by atoms with van der Waals surface area (Å²) in [7, 11) is 1.63. The first kappa shape index (κ1) is 15.9. The van der Waals surface area contributed by atoms with Crippen LogP contribution in [0.3, 0.4) is 0 Å². The summed E-state index contributed by atoms with van der Waals surface area (Å²) in [6, 6.07) is 1.52. The van der Waals surface area contributed by atoms with Crippen molar-refractivity contribution in [3.8, 4) is 0 Å². The van der Waals surface area contributed by atoms with Gasteiger partial charge in [0.15, 0.2) is 0 Å². The predicted molar refractivity (Wildman–Crippen MR) is 76.0 cm³/mol. The lowest BCUT2D eigenvalue weighted by molar-refractivity contribution is 0.0570. The second kappa shape index (κ2) is 6.30. The van der Waals surface area contributed by atoms with E-state index in [1.807, 2.05) is 13.8 Å². The third kappa shape index (κ3) is 5.12. The van der Waals surface area contributed by atoms with Gasteiger partial charge in [-0.1, -0.05) is 13.8 Å². The second-order valence-electron chi connectivity index (χ2n) is 6.13. The van der Waals surface area contributed by atoms with Gasteiger partial charge in [-0.05, 0) is 26.7 Å². The molecule has 0 aliphatic rings. The number of aromatic amines is 1. The van der Waals surface area contributed by atoms with Gasteiger partial charge in [0.25, 0.3) is 5.56 Å². The van der Waals surface area contributed by atoms with E-state index in [1.54, 1.807) is 7.11 Å². The number of ether oxygens (including phenoxy) is 1. The van der Waals surface area contributed by atoms with Crippen LogP contribution in [-0.2, 0) is 11.3 Å². The molecular weight excluding hydrogens is 242 g/mol. The molecule has 1 unspecified atom stereocenters. The minimum absolute atomic E-state index is 0.0108. The van der Waals surface area contributed by atoms with Gasteiger partial charge in [-0.3, -0.25) is 4.79 Å². The average molecular weight is 267 g/mol. The number of H-pyrrole nitrogens is 1. The molecule has 108 valence electrons. The highest BCUT2D eigenvalue weighted by Crippen LogP contribution is 2.20. The SMILES string of the molecule is COC(c1nc(CNC(C)(C)C)cc(=O)[nH]1)C(C)C. The first-order valence-corrected chi connectivity index (χ1v) is 6.61. The Morgan fingerprint density at radius 1 is 1.42 bits per heavy atom. The van der Waals surface area contributed by atoms with Crippen LogP contribution in [0, 0.1) is 5.92 Å². The van der Waals surface area contributed by atoms with E-state index >= 15 is 0 Å². The average Bonchev–Trinajstić information content (AvgIpc) is 2.25. The van der Waals surface area contributed by atoms with E-state index in [-0.39, 0.29) is 23.1 Å². The van der Waals surface area contributed by atoms with Crippen LogP contribution in [0.25, 0.3) is 0 Å². The summed E-state index contributed by atoms with van der Waals surface area (Å²) >= 11 is 0. The monoisotopic (exact) mass is 267 g/mol.